The molecule has 0 spiro atoms. The number of nitrogens with zero attached hydrogens (tertiary/aromatic N) is 8. The van der Waals surface area contributed by atoms with Gasteiger partial charge in [0.15, 0.2) is 0 Å². The average Bonchev–Trinajstić information content (AvgIpc) is 3.99. The Morgan fingerprint density at radius 2 is 0.851 bits per heavy atom. The molecule has 0 radical (unpaired) electrons. The summed E-state index contributed by atoms with van der Waals surface area (Å²) < 4.78 is 35.7. The van der Waals surface area contributed by atoms with Crippen LogP contribution in [0.3, 0.4) is 0 Å². The van der Waals surface area contributed by atoms with Crippen LogP contribution in [0.2, 0.25) is 0 Å². The molecule has 6 rings (SSSR count). The maximum absolute atomic E-state index is 12.9. The molecular formula is C54H76N8O12. The van der Waals surface area contributed by atoms with Gasteiger partial charge in [0.1, 0.15) is 57.5 Å². The fraction of sp³-hybridized carbons (Fsp3) is 0.593. The number of ether oxygens (including phenoxy) is 6. The molecule has 0 aromatic carbocycles. The third kappa shape index (κ3) is 15.1. The van der Waals surface area contributed by atoms with Crippen LogP contribution in [0.4, 0.5) is 19.2 Å². The van der Waals surface area contributed by atoms with Gasteiger partial charge < -0.3 is 28.4 Å². The average molecular weight is 1030 g/mol. The first-order chi connectivity index (χ1) is 34.3. The maximum atomic E-state index is 12.9. The highest BCUT2D eigenvalue weighted by Gasteiger charge is 2.64. The predicted molar refractivity (Wildman–Crippen MR) is 272 cm³/mol. The van der Waals surface area contributed by atoms with E-state index in [1.807, 2.05) is 50.2 Å². The molecule has 0 saturated heterocycles. The van der Waals surface area contributed by atoms with Crippen molar-refractivity contribution in [2.24, 2.45) is 23.7 Å². The number of hydrogen-bond acceptors (Lipinski definition) is 16. The van der Waals surface area contributed by atoms with Gasteiger partial charge in [-0.3, -0.25) is 18.7 Å². The molecule has 20 heteroatoms. The van der Waals surface area contributed by atoms with Crippen LogP contribution in [0, 0.1) is 23.7 Å². The van der Waals surface area contributed by atoms with Crippen LogP contribution < -0.4 is 0 Å². The van der Waals surface area contributed by atoms with E-state index in [0.717, 1.165) is 9.80 Å². The second-order valence-electron chi connectivity index (χ2n) is 23.3. The Bertz CT molecular complexity index is 2360. The summed E-state index contributed by atoms with van der Waals surface area (Å²) in [4.78, 5) is 97.1. The van der Waals surface area contributed by atoms with Crippen LogP contribution >= 0.6 is 0 Å². The number of imidazole rings is 2. The molecule has 4 amide bonds. The number of rotatable bonds is 14. The smallest absolute Gasteiger partial charge is 0.419 e. The molecule has 2 aliphatic rings. The van der Waals surface area contributed by atoms with Gasteiger partial charge in [-0.2, -0.15) is 0 Å². The number of carbonyl (C=O) groups excluding carboxylic acids is 6. The van der Waals surface area contributed by atoms with Crippen LogP contribution in [-0.2, 0) is 48.8 Å². The SMILES string of the molecule is COC(=O)C1(c2cn(-c3ccccn3)cn2)C[C@@H]1C[C@H](C)CN(C(=O)OC(C)(C)C)C(=O)OC(C)(C)C.COC(=O)[C@@]1(c2cn(-c3ccccn3)cn2)C[C@H]1C[C@H](C)CN(C(=O)OC(C)(C)C)C(=O)OC(C)(C)C. The highest BCUT2D eigenvalue weighted by atomic mass is 16.6. The van der Waals surface area contributed by atoms with Gasteiger partial charge in [-0.15, -0.1) is 0 Å². The molecule has 1 unspecified atom stereocenters. The number of hydrogen-bond donors (Lipinski definition) is 0. The fourth-order valence-corrected chi connectivity index (χ4v) is 8.76. The van der Waals surface area contributed by atoms with Gasteiger partial charge in [0.25, 0.3) is 0 Å². The molecule has 0 bridgehead atoms. The van der Waals surface area contributed by atoms with Crippen molar-refractivity contribution in [2.75, 3.05) is 27.3 Å². The van der Waals surface area contributed by atoms with E-state index in [4.69, 9.17) is 28.4 Å². The van der Waals surface area contributed by atoms with Crippen molar-refractivity contribution in [2.45, 2.75) is 156 Å². The van der Waals surface area contributed by atoms with E-state index in [9.17, 15) is 28.8 Å². The first kappa shape index (κ1) is 58.0. The summed E-state index contributed by atoms with van der Waals surface area (Å²) in [5.41, 5.74) is -3.64. The normalized spacial score (nSPS) is 20.1. The quantitative estimate of drug-likeness (QED) is 0.0846. The van der Waals surface area contributed by atoms with E-state index in [1.165, 1.54) is 14.2 Å². The minimum absolute atomic E-state index is 0.0684. The van der Waals surface area contributed by atoms with Gasteiger partial charge >= 0.3 is 36.3 Å². The Balaban J connectivity index is 0.000000274. The molecular weight excluding hydrogens is 953 g/mol. The zero-order valence-corrected chi connectivity index (χ0v) is 46.0. The molecule has 404 valence electrons. The lowest BCUT2D eigenvalue weighted by Gasteiger charge is -2.30. The maximum Gasteiger partial charge on any atom is 0.419 e. The predicted octanol–water partition coefficient (Wildman–Crippen LogP) is 9.79. The summed E-state index contributed by atoms with van der Waals surface area (Å²) in [5.74, 6) is 0.250. The van der Waals surface area contributed by atoms with Crippen LogP contribution in [0.25, 0.3) is 11.6 Å². The Kier molecular flexibility index (Phi) is 17.8. The van der Waals surface area contributed by atoms with E-state index in [1.54, 1.807) is 130 Å². The van der Waals surface area contributed by atoms with Crippen LogP contribution in [0.5, 0.6) is 0 Å². The van der Waals surface area contributed by atoms with Gasteiger partial charge in [-0.05, 0) is 157 Å². The van der Waals surface area contributed by atoms with Crippen LogP contribution in [0.1, 0.15) is 134 Å². The highest BCUT2D eigenvalue weighted by molar-refractivity contribution is 5.89. The van der Waals surface area contributed by atoms with E-state index < -0.39 is 57.6 Å². The second kappa shape index (κ2) is 22.7. The lowest BCUT2D eigenvalue weighted by molar-refractivity contribution is -0.145. The summed E-state index contributed by atoms with van der Waals surface area (Å²) in [5, 5.41) is 0. The van der Waals surface area contributed by atoms with Crippen molar-refractivity contribution in [1.29, 1.82) is 0 Å². The molecule has 2 fully saturated rings. The summed E-state index contributed by atoms with van der Waals surface area (Å²) in [6.07, 6.45) is 9.43. The molecule has 0 aliphatic heterocycles. The molecule has 0 N–H and O–H groups in total. The number of carbonyl (C=O) groups is 6. The lowest BCUT2D eigenvalue weighted by Crippen LogP contribution is -2.45. The summed E-state index contributed by atoms with van der Waals surface area (Å²) >= 11 is 0. The molecule has 2 saturated carbocycles. The summed E-state index contributed by atoms with van der Waals surface area (Å²) in [6, 6.07) is 11.1. The van der Waals surface area contributed by atoms with E-state index in [0.29, 0.717) is 48.7 Å². The van der Waals surface area contributed by atoms with Crippen LogP contribution in [-0.4, -0.2) is 125 Å². The van der Waals surface area contributed by atoms with Gasteiger partial charge in [0.2, 0.25) is 0 Å². The van der Waals surface area contributed by atoms with Crippen molar-refractivity contribution < 1.29 is 57.2 Å². The molecule has 4 aromatic rings. The van der Waals surface area contributed by atoms with E-state index >= 15 is 0 Å². The molecule has 6 atom stereocenters. The third-order valence-electron chi connectivity index (χ3n) is 12.0. The third-order valence-corrected chi connectivity index (χ3v) is 12.0. The Labute approximate surface area is 434 Å². The van der Waals surface area contributed by atoms with Crippen molar-refractivity contribution in [1.82, 2.24) is 38.9 Å². The minimum atomic E-state index is -0.883. The molecule has 74 heavy (non-hydrogen) atoms. The van der Waals surface area contributed by atoms with Crippen molar-refractivity contribution in [3.8, 4) is 11.6 Å². The molecule has 4 heterocycles. The minimum Gasteiger partial charge on any atom is -0.468 e. The van der Waals surface area contributed by atoms with E-state index in [-0.39, 0.29) is 48.7 Å². The largest absolute Gasteiger partial charge is 0.468 e. The Morgan fingerprint density at radius 3 is 1.11 bits per heavy atom. The molecule has 20 nitrogen and oxygen atoms in total. The monoisotopic (exact) mass is 1030 g/mol. The second-order valence-corrected chi connectivity index (χ2v) is 23.3. The number of aromatic nitrogens is 6. The number of methoxy groups -OCH3 is 2. The van der Waals surface area contributed by atoms with Crippen molar-refractivity contribution >= 4 is 36.3 Å². The zero-order valence-electron chi connectivity index (χ0n) is 46.0. The van der Waals surface area contributed by atoms with Crippen LogP contribution in [0.15, 0.2) is 73.8 Å². The first-order valence-corrected chi connectivity index (χ1v) is 24.9. The molecule has 4 aromatic heterocycles. The summed E-state index contributed by atoms with van der Waals surface area (Å²) in [6.45, 7) is 24.9. The standard InChI is InChI=1S/2C27H38N4O6/c2*1-18(15-31(23(33)36-25(2,3)4)24(34)37-26(5,6)7)13-19-14-27(19,22(32)35-8)20-16-30(17-29-20)21-11-9-10-12-28-21/h2*9-12,16-19H,13-15H2,1-8H3/t18-,19+,27-;18-,19-,27?/m00/s1. The Morgan fingerprint density at radius 1 is 0.541 bits per heavy atom. The zero-order chi connectivity index (χ0) is 55.2. The molecule has 2 aliphatic carbocycles. The topological polar surface area (TPSA) is 226 Å². The highest BCUT2D eigenvalue weighted by Crippen LogP contribution is 2.58. The van der Waals surface area contributed by atoms with Gasteiger partial charge in [0, 0.05) is 37.9 Å². The van der Waals surface area contributed by atoms with Crippen molar-refractivity contribution in [3.63, 3.8) is 0 Å². The summed E-state index contributed by atoms with van der Waals surface area (Å²) in [7, 11) is 2.73. The van der Waals surface area contributed by atoms with E-state index in [2.05, 4.69) is 19.9 Å². The number of pyridine rings is 2. The number of imide groups is 2. The van der Waals surface area contributed by atoms with Gasteiger partial charge in [0.05, 0.1) is 25.6 Å². The fourth-order valence-electron chi connectivity index (χ4n) is 8.76. The van der Waals surface area contributed by atoms with Gasteiger partial charge in [-0.1, -0.05) is 26.0 Å². The number of esters is 2. The van der Waals surface area contributed by atoms with Crippen molar-refractivity contribution in [3.05, 3.63) is 85.2 Å². The first-order valence-electron chi connectivity index (χ1n) is 24.9. The van der Waals surface area contributed by atoms with Gasteiger partial charge in [-0.25, -0.2) is 48.9 Å². The number of amides is 4. The Hall–Kier alpha value is -6.86. The lowest BCUT2D eigenvalue weighted by atomic mass is 9.94.